The molecule has 3 heterocycles. The van der Waals surface area contributed by atoms with Crippen molar-refractivity contribution in [2.75, 3.05) is 12.3 Å². The van der Waals surface area contributed by atoms with E-state index in [4.69, 9.17) is 22.1 Å². The lowest BCUT2D eigenvalue weighted by molar-refractivity contribution is -0.0509. The summed E-state index contributed by atoms with van der Waals surface area (Å²) < 4.78 is 7.11. The van der Waals surface area contributed by atoms with Gasteiger partial charge in [-0.05, 0) is 12.0 Å². The Morgan fingerprint density at radius 2 is 2.09 bits per heavy atom. The van der Waals surface area contributed by atoms with Crippen molar-refractivity contribution in [2.45, 2.75) is 37.9 Å². The number of hydrogen-bond acceptors (Lipinski definition) is 7. The third-order valence-corrected chi connectivity index (χ3v) is 4.17. The van der Waals surface area contributed by atoms with Crippen molar-refractivity contribution < 1.29 is 20.1 Å². The number of fused-ring (bicyclic) bond motifs is 1. The van der Waals surface area contributed by atoms with Crippen LogP contribution in [-0.2, 0) is 11.2 Å². The number of aliphatic hydroxyl groups is 3. The Morgan fingerprint density at radius 3 is 2.68 bits per heavy atom. The molecular formula is C13H17ClN4O4. The minimum Gasteiger partial charge on any atom is -0.394 e. The van der Waals surface area contributed by atoms with Gasteiger partial charge in [-0.25, -0.2) is 4.98 Å². The van der Waals surface area contributed by atoms with Crippen LogP contribution in [0.15, 0.2) is 6.20 Å². The summed E-state index contributed by atoms with van der Waals surface area (Å²) in [5.74, 6) is 0.00578. The molecule has 0 spiro atoms. The van der Waals surface area contributed by atoms with E-state index in [0.717, 1.165) is 5.56 Å². The molecule has 4 atom stereocenters. The van der Waals surface area contributed by atoms with Gasteiger partial charge >= 0.3 is 0 Å². The predicted molar refractivity (Wildman–Crippen MR) is 79.3 cm³/mol. The second-order valence-electron chi connectivity index (χ2n) is 5.22. The molecule has 22 heavy (non-hydrogen) atoms. The number of hydrogen-bond donors (Lipinski definition) is 4. The van der Waals surface area contributed by atoms with Gasteiger partial charge in [-0.15, -0.1) is 0 Å². The van der Waals surface area contributed by atoms with Gasteiger partial charge in [0.25, 0.3) is 0 Å². The second kappa shape index (κ2) is 5.64. The third-order valence-electron chi connectivity index (χ3n) is 3.90. The maximum Gasteiger partial charge on any atom is 0.223 e. The zero-order valence-corrected chi connectivity index (χ0v) is 12.6. The molecule has 3 rings (SSSR count). The number of aryl methyl sites for hydroxylation is 1. The monoisotopic (exact) mass is 328 g/mol. The highest BCUT2D eigenvalue weighted by Crippen LogP contribution is 2.35. The fraction of sp³-hybridized carbons (Fsp3) is 0.538. The van der Waals surface area contributed by atoms with E-state index in [2.05, 4.69) is 9.97 Å². The van der Waals surface area contributed by atoms with Crippen LogP contribution in [0.1, 0.15) is 18.7 Å². The van der Waals surface area contributed by atoms with Gasteiger partial charge < -0.3 is 30.4 Å². The first-order valence-electron chi connectivity index (χ1n) is 6.92. The molecule has 4 unspecified atom stereocenters. The highest BCUT2D eigenvalue weighted by Gasteiger charge is 2.44. The molecule has 0 radical (unpaired) electrons. The van der Waals surface area contributed by atoms with Crippen LogP contribution in [0.5, 0.6) is 0 Å². The molecule has 0 bridgehead atoms. The van der Waals surface area contributed by atoms with Gasteiger partial charge in [0.1, 0.15) is 29.1 Å². The van der Waals surface area contributed by atoms with Crippen molar-refractivity contribution in [3.63, 3.8) is 0 Å². The summed E-state index contributed by atoms with van der Waals surface area (Å²) in [5.41, 5.74) is 6.94. The first-order chi connectivity index (χ1) is 10.5. The number of aliphatic hydroxyl groups excluding tert-OH is 3. The smallest absolute Gasteiger partial charge is 0.223 e. The van der Waals surface area contributed by atoms with E-state index in [-0.39, 0.29) is 11.1 Å². The molecular weight excluding hydrogens is 312 g/mol. The molecule has 0 saturated carbocycles. The van der Waals surface area contributed by atoms with Gasteiger partial charge in [0.2, 0.25) is 5.95 Å². The first kappa shape index (κ1) is 15.4. The van der Waals surface area contributed by atoms with Crippen LogP contribution in [0, 0.1) is 0 Å². The number of nitrogens with two attached hydrogens (primary N) is 1. The predicted octanol–water partition coefficient (Wildman–Crippen LogP) is -0.159. The molecule has 2 aromatic rings. The van der Waals surface area contributed by atoms with Crippen LogP contribution >= 0.6 is 11.6 Å². The molecule has 9 heteroatoms. The van der Waals surface area contributed by atoms with E-state index in [1.165, 1.54) is 0 Å². The molecule has 0 aromatic carbocycles. The summed E-state index contributed by atoms with van der Waals surface area (Å²) in [4.78, 5) is 8.11. The van der Waals surface area contributed by atoms with E-state index < -0.39 is 31.1 Å². The summed E-state index contributed by atoms with van der Waals surface area (Å²) >= 11 is 6.15. The SMILES string of the molecule is CCc1cn(C2OC(CO)C(O)C2O)c2nc(N)nc(Cl)c12. The molecule has 1 aliphatic rings. The molecule has 1 fully saturated rings. The van der Waals surface area contributed by atoms with Crippen molar-refractivity contribution in [2.24, 2.45) is 0 Å². The molecule has 8 nitrogen and oxygen atoms in total. The lowest BCUT2D eigenvalue weighted by Crippen LogP contribution is -2.33. The molecule has 0 amide bonds. The van der Waals surface area contributed by atoms with Crippen molar-refractivity contribution in [1.29, 1.82) is 0 Å². The fourth-order valence-corrected chi connectivity index (χ4v) is 3.06. The number of anilines is 1. The van der Waals surface area contributed by atoms with Crippen molar-refractivity contribution in [1.82, 2.24) is 14.5 Å². The Labute approximate surface area is 131 Å². The van der Waals surface area contributed by atoms with E-state index >= 15 is 0 Å². The Balaban J connectivity index is 2.15. The third kappa shape index (κ3) is 2.24. The zero-order valence-electron chi connectivity index (χ0n) is 11.8. The Morgan fingerprint density at radius 1 is 1.36 bits per heavy atom. The summed E-state index contributed by atoms with van der Waals surface area (Å²) in [5, 5.41) is 30.1. The van der Waals surface area contributed by atoms with Crippen molar-refractivity contribution in [3.05, 3.63) is 16.9 Å². The number of aromatic nitrogens is 3. The van der Waals surface area contributed by atoms with Crippen molar-refractivity contribution in [3.8, 4) is 0 Å². The maximum absolute atomic E-state index is 10.2. The number of nitrogens with zero attached hydrogens (tertiary/aromatic N) is 3. The van der Waals surface area contributed by atoms with Crippen molar-refractivity contribution >= 4 is 28.6 Å². The van der Waals surface area contributed by atoms with Gasteiger partial charge in [-0.2, -0.15) is 4.98 Å². The second-order valence-corrected chi connectivity index (χ2v) is 5.57. The average molecular weight is 329 g/mol. The fourth-order valence-electron chi connectivity index (χ4n) is 2.77. The number of ether oxygens (including phenoxy) is 1. The van der Waals surface area contributed by atoms with Gasteiger partial charge in [0.05, 0.1) is 12.0 Å². The van der Waals surface area contributed by atoms with Crippen LogP contribution in [0.3, 0.4) is 0 Å². The largest absolute Gasteiger partial charge is 0.394 e. The Kier molecular flexibility index (Phi) is 3.96. The molecule has 2 aromatic heterocycles. The standard InChI is InChI=1S/C13H17ClN4O4/c1-2-5-3-18(11-7(5)10(14)16-13(15)17-11)12-9(21)8(20)6(4-19)22-12/h3,6,8-9,12,19-21H,2,4H2,1H3,(H2,15,16,17). The molecule has 120 valence electrons. The quantitative estimate of drug-likeness (QED) is 0.577. The normalized spacial score (nSPS) is 28.6. The van der Waals surface area contributed by atoms with Gasteiger partial charge in [-0.3, -0.25) is 0 Å². The Hall–Kier alpha value is -1.45. The number of nitrogen functional groups attached to an aromatic ring is 1. The van der Waals surface area contributed by atoms with Gasteiger partial charge in [-0.1, -0.05) is 18.5 Å². The number of halogens is 1. The van der Waals surface area contributed by atoms with E-state index in [1.54, 1.807) is 10.8 Å². The maximum atomic E-state index is 10.2. The molecule has 5 N–H and O–H groups in total. The lowest BCUT2D eigenvalue weighted by Gasteiger charge is -2.17. The Bertz CT molecular complexity index is 707. The highest BCUT2D eigenvalue weighted by atomic mass is 35.5. The highest BCUT2D eigenvalue weighted by molar-refractivity contribution is 6.34. The minimum atomic E-state index is -1.20. The van der Waals surface area contributed by atoms with Gasteiger partial charge in [0, 0.05) is 6.20 Å². The van der Waals surface area contributed by atoms with E-state index in [0.29, 0.717) is 17.5 Å². The number of rotatable bonds is 3. The summed E-state index contributed by atoms with van der Waals surface area (Å²) in [6.07, 6.45) is -1.73. The summed E-state index contributed by atoms with van der Waals surface area (Å²) in [7, 11) is 0. The topological polar surface area (TPSA) is 127 Å². The molecule has 1 aliphatic heterocycles. The van der Waals surface area contributed by atoms with Crippen LogP contribution in [0.4, 0.5) is 5.95 Å². The van der Waals surface area contributed by atoms with Crippen LogP contribution in [0.2, 0.25) is 5.15 Å². The minimum absolute atomic E-state index is 0.00578. The van der Waals surface area contributed by atoms with Crippen LogP contribution in [0.25, 0.3) is 11.0 Å². The first-order valence-corrected chi connectivity index (χ1v) is 7.30. The molecule has 0 aliphatic carbocycles. The molecule has 1 saturated heterocycles. The van der Waals surface area contributed by atoms with Gasteiger partial charge in [0.15, 0.2) is 6.23 Å². The van der Waals surface area contributed by atoms with Crippen LogP contribution < -0.4 is 5.73 Å². The van der Waals surface area contributed by atoms with Crippen LogP contribution in [-0.4, -0.2) is 54.8 Å². The van der Waals surface area contributed by atoms with E-state index in [1.807, 2.05) is 6.92 Å². The summed E-state index contributed by atoms with van der Waals surface area (Å²) in [6, 6.07) is 0. The van der Waals surface area contributed by atoms with E-state index in [9.17, 15) is 15.3 Å². The average Bonchev–Trinajstić information content (AvgIpc) is 2.98. The lowest BCUT2D eigenvalue weighted by atomic mass is 10.1. The summed E-state index contributed by atoms with van der Waals surface area (Å²) in [6.45, 7) is 1.55. The zero-order chi connectivity index (χ0) is 16.0.